The molecule has 0 aromatic heterocycles. The lowest BCUT2D eigenvalue weighted by Gasteiger charge is -2.09. The average Bonchev–Trinajstić information content (AvgIpc) is 2.56. The molecule has 26 heavy (non-hydrogen) atoms. The standard InChI is InChI=1S/C17H18F2N2O4S/c1-12(22)21-14-4-8-16(9-5-14)26(23,24)20-11-10-13-2-6-15(7-3-13)25-17(18)19/h2-9,17,20H,10-11H2,1H3,(H,21,22). The quantitative estimate of drug-likeness (QED) is 0.733. The van der Waals surface area contributed by atoms with Gasteiger partial charge >= 0.3 is 6.61 Å². The monoisotopic (exact) mass is 384 g/mol. The van der Waals surface area contributed by atoms with Gasteiger partial charge in [0, 0.05) is 19.2 Å². The topological polar surface area (TPSA) is 84.5 Å². The molecule has 1 amide bonds. The molecule has 0 bridgehead atoms. The maximum atomic E-state index is 12.2. The van der Waals surface area contributed by atoms with Crippen LogP contribution in [0.3, 0.4) is 0 Å². The molecule has 2 aromatic rings. The molecular weight excluding hydrogens is 366 g/mol. The fourth-order valence-electron chi connectivity index (χ4n) is 2.17. The Balaban J connectivity index is 1.90. The number of halogens is 2. The molecule has 6 nitrogen and oxygen atoms in total. The van der Waals surface area contributed by atoms with E-state index in [0.717, 1.165) is 5.56 Å². The van der Waals surface area contributed by atoms with Crippen LogP contribution in [0.4, 0.5) is 14.5 Å². The van der Waals surface area contributed by atoms with Gasteiger partial charge in [-0.3, -0.25) is 4.79 Å². The fraction of sp³-hybridized carbons (Fsp3) is 0.235. The van der Waals surface area contributed by atoms with E-state index in [9.17, 15) is 22.0 Å². The summed E-state index contributed by atoms with van der Waals surface area (Å²) in [5.74, 6) is -0.202. The van der Waals surface area contributed by atoms with Gasteiger partial charge in [0.2, 0.25) is 15.9 Å². The molecule has 0 aliphatic heterocycles. The van der Waals surface area contributed by atoms with Crippen LogP contribution < -0.4 is 14.8 Å². The highest BCUT2D eigenvalue weighted by molar-refractivity contribution is 7.89. The minimum atomic E-state index is -3.69. The van der Waals surface area contributed by atoms with Crippen LogP contribution in [-0.2, 0) is 21.2 Å². The minimum absolute atomic E-state index is 0.0450. The van der Waals surface area contributed by atoms with Gasteiger partial charge in [-0.2, -0.15) is 8.78 Å². The molecule has 0 fully saturated rings. The Kier molecular flexibility index (Phi) is 6.64. The van der Waals surface area contributed by atoms with Crippen LogP contribution in [0.5, 0.6) is 5.75 Å². The van der Waals surface area contributed by atoms with Gasteiger partial charge in [-0.15, -0.1) is 0 Å². The maximum absolute atomic E-state index is 12.2. The smallest absolute Gasteiger partial charge is 0.387 e. The zero-order valence-corrected chi connectivity index (χ0v) is 14.7. The Hall–Kier alpha value is -2.52. The largest absolute Gasteiger partial charge is 0.435 e. The van der Waals surface area contributed by atoms with E-state index >= 15 is 0 Å². The van der Waals surface area contributed by atoms with E-state index in [4.69, 9.17) is 0 Å². The normalized spacial score (nSPS) is 11.4. The van der Waals surface area contributed by atoms with Crippen molar-refractivity contribution in [3.05, 3.63) is 54.1 Å². The van der Waals surface area contributed by atoms with Crippen LogP contribution in [0, 0.1) is 0 Å². The van der Waals surface area contributed by atoms with E-state index in [1.54, 1.807) is 12.1 Å². The predicted molar refractivity (Wildman–Crippen MR) is 92.7 cm³/mol. The number of sulfonamides is 1. The first kappa shape index (κ1) is 19.8. The van der Waals surface area contributed by atoms with Crippen molar-refractivity contribution >= 4 is 21.6 Å². The van der Waals surface area contributed by atoms with E-state index in [2.05, 4.69) is 14.8 Å². The lowest BCUT2D eigenvalue weighted by molar-refractivity contribution is -0.114. The summed E-state index contributed by atoms with van der Waals surface area (Å²) in [4.78, 5) is 11.0. The molecule has 0 unspecified atom stereocenters. The van der Waals surface area contributed by atoms with Gasteiger partial charge in [0.05, 0.1) is 4.90 Å². The van der Waals surface area contributed by atoms with Gasteiger partial charge in [-0.1, -0.05) is 12.1 Å². The molecule has 2 N–H and O–H groups in total. The number of hydrogen-bond donors (Lipinski definition) is 2. The van der Waals surface area contributed by atoms with E-state index in [1.165, 1.54) is 43.3 Å². The lowest BCUT2D eigenvalue weighted by atomic mass is 10.1. The Labute approximate surface area is 150 Å². The van der Waals surface area contributed by atoms with Crippen LogP contribution in [0.25, 0.3) is 0 Å². The molecule has 140 valence electrons. The summed E-state index contributed by atoms with van der Waals surface area (Å²) in [5, 5.41) is 2.55. The molecule has 0 heterocycles. The fourth-order valence-corrected chi connectivity index (χ4v) is 3.20. The first-order valence-electron chi connectivity index (χ1n) is 7.67. The van der Waals surface area contributed by atoms with Gasteiger partial charge in [0.15, 0.2) is 0 Å². The molecule has 2 rings (SSSR count). The third-order valence-electron chi connectivity index (χ3n) is 3.34. The summed E-state index contributed by atoms with van der Waals surface area (Å²) in [5.41, 5.74) is 1.28. The molecule has 0 aliphatic rings. The Bertz CT molecular complexity index is 838. The van der Waals surface area contributed by atoms with Crippen molar-refractivity contribution in [3.8, 4) is 5.75 Å². The molecule has 0 aliphatic carbocycles. The molecule has 0 atom stereocenters. The number of nitrogens with one attached hydrogen (secondary N) is 2. The lowest BCUT2D eigenvalue weighted by Crippen LogP contribution is -2.26. The van der Waals surface area contributed by atoms with Crippen molar-refractivity contribution in [3.63, 3.8) is 0 Å². The van der Waals surface area contributed by atoms with Gasteiger partial charge in [-0.25, -0.2) is 13.1 Å². The first-order valence-corrected chi connectivity index (χ1v) is 9.15. The number of ether oxygens (including phenoxy) is 1. The number of benzene rings is 2. The van der Waals surface area contributed by atoms with E-state index in [0.29, 0.717) is 12.1 Å². The molecule has 9 heteroatoms. The van der Waals surface area contributed by atoms with Gasteiger partial charge in [0.25, 0.3) is 0 Å². The highest BCUT2D eigenvalue weighted by Crippen LogP contribution is 2.16. The number of alkyl halides is 2. The molecular formula is C17H18F2N2O4S. The Morgan fingerprint density at radius 3 is 2.23 bits per heavy atom. The molecule has 0 saturated heterocycles. The number of anilines is 1. The number of carbonyl (C=O) groups excluding carboxylic acids is 1. The average molecular weight is 384 g/mol. The number of rotatable bonds is 8. The van der Waals surface area contributed by atoms with Crippen LogP contribution >= 0.6 is 0 Å². The second-order valence-electron chi connectivity index (χ2n) is 5.38. The molecule has 0 saturated carbocycles. The van der Waals surface area contributed by atoms with Crippen molar-refractivity contribution in [2.75, 3.05) is 11.9 Å². The van der Waals surface area contributed by atoms with E-state index in [1.807, 2.05) is 0 Å². The second kappa shape index (κ2) is 8.72. The summed E-state index contributed by atoms with van der Waals surface area (Å²) in [7, 11) is -3.69. The third kappa shape index (κ3) is 6.08. The van der Waals surface area contributed by atoms with Gasteiger partial charge < -0.3 is 10.1 Å². The van der Waals surface area contributed by atoms with Crippen molar-refractivity contribution in [2.45, 2.75) is 24.9 Å². The summed E-state index contributed by atoms with van der Waals surface area (Å²) in [6, 6.07) is 11.8. The Morgan fingerprint density at radius 2 is 1.69 bits per heavy atom. The van der Waals surface area contributed by atoms with E-state index in [-0.39, 0.29) is 23.1 Å². The van der Waals surface area contributed by atoms with Crippen LogP contribution in [0.15, 0.2) is 53.4 Å². The SMILES string of the molecule is CC(=O)Nc1ccc(S(=O)(=O)NCCc2ccc(OC(F)F)cc2)cc1. The summed E-state index contributed by atoms with van der Waals surface area (Å²) in [6.07, 6.45) is 0.387. The van der Waals surface area contributed by atoms with Crippen molar-refractivity contribution in [1.29, 1.82) is 0 Å². The zero-order valence-electron chi connectivity index (χ0n) is 13.9. The highest BCUT2D eigenvalue weighted by Gasteiger charge is 2.13. The van der Waals surface area contributed by atoms with Gasteiger partial charge in [-0.05, 0) is 48.4 Å². The summed E-state index contributed by atoms with van der Waals surface area (Å²) >= 11 is 0. The number of carbonyl (C=O) groups is 1. The van der Waals surface area contributed by atoms with Crippen molar-refractivity contribution in [2.24, 2.45) is 0 Å². The minimum Gasteiger partial charge on any atom is -0.435 e. The molecule has 2 aromatic carbocycles. The van der Waals surface area contributed by atoms with E-state index < -0.39 is 16.6 Å². The number of hydrogen-bond acceptors (Lipinski definition) is 4. The second-order valence-corrected chi connectivity index (χ2v) is 7.14. The maximum Gasteiger partial charge on any atom is 0.387 e. The van der Waals surface area contributed by atoms with Crippen molar-refractivity contribution < 1.29 is 26.7 Å². The van der Waals surface area contributed by atoms with Crippen LogP contribution in [0.2, 0.25) is 0 Å². The van der Waals surface area contributed by atoms with Crippen molar-refractivity contribution in [1.82, 2.24) is 4.72 Å². The summed E-state index contributed by atoms with van der Waals surface area (Å²) in [6.45, 7) is -1.38. The number of amides is 1. The third-order valence-corrected chi connectivity index (χ3v) is 4.82. The first-order chi connectivity index (χ1) is 12.3. The van der Waals surface area contributed by atoms with Crippen LogP contribution in [-0.4, -0.2) is 27.5 Å². The predicted octanol–water partition coefficient (Wildman–Crippen LogP) is 2.77. The highest BCUT2D eigenvalue weighted by atomic mass is 32.2. The molecule has 0 spiro atoms. The van der Waals surface area contributed by atoms with Crippen LogP contribution in [0.1, 0.15) is 12.5 Å². The molecule has 0 radical (unpaired) electrons. The summed E-state index contributed by atoms with van der Waals surface area (Å²) < 4.78 is 55.3. The van der Waals surface area contributed by atoms with Gasteiger partial charge in [0.1, 0.15) is 5.75 Å². The Morgan fingerprint density at radius 1 is 1.08 bits per heavy atom. The zero-order chi connectivity index (χ0) is 19.2.